The first-order valence-corrected chi connectivity index (χ1v) is 3.91. The molecule has 0 saturated carbocycles. The third-order valence-electron chi connectivity index (χ3n) is 1.70. The lowest BCUT2D eigenvalue weighted by Gasteiger charge is -2.01. The van der Waals surface area contributed by atoms with Crippen molar-refractivity contribution in [3.8, 4) is 5.75 Å². The summed E-state index contributed by atoms with van der Waals surface area (Å²) in [5, 5.41) is 9.53. The van der Waals surface area contributed by atoms with E-state index in [9.17, 15) is 5.11 Å². The van der Waals surface area contributed by atoms with Crippen molar-refractivity contribution in [2.75, 3.05) is 6.54 Å². The first-order chi connectivity index (χ1) is 5.75. The Hall–Kier alpha value is -1.28. The topological polar surface area (TPSA) is 46.2 Å². The van der Waals surface area contributed by atoms with Crippen LogP contribution in [0.25, 0.3) is 6.08 Å². The van der Waals surface area contributed by atoms with Gasteiger partial charge in [-0.25, -0.2) is 0 Å². The van der Waals surface area contributed by atoms with Crippen LogP contribution in [-0.4, -0.2) is 11.7 Å². The highest BCUT2D eigenvalue weighted by Gasteiger charge is 1.98. The van der Waals surface area contributed by atoms with Gasteiger partial charge >= 0.3 is 0 Å². The van der Waals surface area contributed by atoms with E-state index in [1.54, 1.807) is 0 Å². The average Bonchev–Trinajstić information content (AvgIpc) is 2.08. The number of rotatable bonds is 2. The molecular formula is C10H13NO. The summed E-state index contributed by atoms with van der Waals surface area (Å²) < 4.78 is 0. The molecule has 0 atom stereocenters. The smallest absolute Gasteiger partial charge is 0.125 e. The van der Waals surface area contributed by atoms with Crippen molar-refractivity contribution < 1.29 is 5.11 Å². The molecule has 2 nitrogen and oxygen atoms in total. The summed E-state index contributed by atoms with van der Waals surface area (Å²) in [4.78, 5) is 0. The second-order valence-electron chi connectivity index (χ2n) is 2.65. The van der Waals surface area contributed by atoms with Gasteiger partial charge in [0.15, 0.2) is 0 Å². The van der Waals surface area contributed by atoms with Crippen LogP contribution in [0.3, 0.4) is 0 Å². The van der Waals surface area contributed by atoms with Crippen molar-refractivity contribution in [2.24, 2.45) is 5.73 Å². The Morgan fingerprint density at radius 2 is 2.25 bits per heavy atom. The van der Waals surface area contributed by atoms with Crippen molar-refractivity contribution in [1.29, 1.82) is 0 Å². The first-order valence-electron chi connectivity index (χ1n) is 3.91. The molecule has 0 bridgehead atoms. The quantitative estimate of drug-likeness (QED) is 0.696. The molecule has 0 aromatic heterocycles. The molecular weight excluding hydrogens is 150 g/mol. The predicted molar refractivity (Wildman–Crippen MR) is 50.9 cm³/mol. The lowest BCUT2D eigenvalue weighted by Crippen LogP contribution is -1.92. The van der Waals surface area contributed by atoms with Gasteiger partial charge < -0.3 is 10.8 Å². The maximum Gasteiger partial charge on any atom is 0.125 e. The molecule has 2 heteroatoms. The number of benzene rings is 1. The van der Waals surface area contributed by atoms with Crippen LogP contribution in [0.5, 0.6) is 5.75 Å². The van der Waals surface area contributed by atoms with Crippen LogP contribution in [0.15, 0.2) is 24.3 Å². The monoisotopic (exact) mass is 163 g/mol. The Morgan fingerprint density at radius 3 is 2.92 bits per heavy atom. The van der Waals surface area contributed by atoms with E-state index in [0.717, 1.165) is 11.1 Å². The number of aromatic hydroxyl groups is 1. The zero-order valence-electron chi connectivity index (χ0n) is 7.12. The normalized spacial score (nSPS) is 10.8. The highest BCUT2D eigenvalue weighted by molar-refractivity contribution is 5.59. The molecule has 0 saturated heterocycles. The van der Waals surface area contributed by atoms with Crippen LogP contribution in [0.2, 0.25) is 0 Å². The van der Waals surface area contributed by atoms with Gasteiger partial charge in [0.2, 0.25) is 0 Å². The molecule has 1 rings (SSSR count). The minimum atomic E-state index is 0.335. The van der Waals surface area contributed by atoms with Gasteiger partial charge in [0, 0.05) is 12.1 Å². The van der Waals surface area contributed by atoms with Crippen LogP contribution in [0.4, 0.5) is 0 Å². The number of nitrogens with two attached hydrogens (primary N) is 1. The van der Waals surface area contributed by atoms with E-state index >= 15 is 0 Å². The fourth-order valence-electron chi connectivity index (χ4n) is 1.01. The summed E-state index contributed by atoms with van der Waals surface area (Å²) >= 11 is 0. The fraction of sp³-hybridized carbons (Fsp3) is 0.200. The molecule has 1 aromatic carbocycles. The second kappa shape index (κ2) is 3.93. The van der Waals surface area contributed by atoms with Gasteiger partial charge in [0.05, 0.1) is 0 Å². The van der Waals surface area contributed by atoms with Gasteiger partial charge in [-0.2, -0.15) is 0 Å². The number of phenols is 1. The molecule has 0 heterocycles. The van der Waals surface area contributed by atoms with Gasteiger partial charge in [-0.15, -0.1) is 0 Å². The van der Waals surface area contributed by atoms with E-state index in [1.165, 1.54) is 0 Å². The Bertz CT molecular complexity index is 292. The van der Waals surface area contributed by atoms with E-state index in [0.29, 0.717) is 12.3 Å². The molecule has 0 spiro atoms. The van der Waals surface area contributed by atoms with Gasteiger partial charge in [0.25, 0.3) is 0 Å². The zero-order valence-corrected chi connectivity index (χ0v) is 7.12. The summed E-state index contributed by atoms with van der Waals surface area (Å²) in [5.74, 6) is 0.335. The van der Waals surface area contributed by atoms with Gasteiger partial charge in [-0.05, 0) is 12.5 Å². The van der Waals surface area contributed by atoms with Crippen molar-refractivity contribution in [3.63, 3.8) is 0 Å². The maximum atomic E-state index is 9.53. The van der Waals surface area contributed by atoms with E-state index < -0.39 is 0 Å². The van der Waals surface area contributed by atoms with Crippen molar-refractivity contribution in [1.82, 2.24) is 0 Å². The lowest BCUT2D eigenvalue weighted by molar-refractivity contribution is 0.470. The third-order valence-corrected chi connectivity index (χ3v) is 1.70. The van der Waals surface area contributed by atoms with Crippen LogP contribution < -0.4 is 5.73 Å². The average molecular weight is 163 g/mol. The molecule has 0 aliphatic carbocycles. The molecule has 12 heavy (non-hydrogen) atoms. The fourth-order valence-corrected chi connectivity index (χ4v) is 1.01. The number of phenolic OH excluding ortho intramolecular Hbond substituents is 1. The highest BCUT2D eigenvalue weighted by atomic mass is 16.3. The molecule has 0 radical (unpaired) electrons. The van der Waals surface area contributed by atoms with E-state index in [2.05, 4.69) is 0 Å². The van der Waals surface area contributed by atoms with Crippen LogP contribution in [0, 0.1) is 6.92 Å². The largest absolute Gasteiger partial charge is 0.507 e. The molecule has 3 N–H and O–H groups in total. The summed E-state index contributed by atoms with van der Waals surface area (Å²) in [5.41, 5.74) is 7.00. The van der Waals surface area contributed by atoms with Crippen molar-refractivity contribution >= 4 is 6.08 Å². The van der Waals surface area contributed by atoms with Crippen molar-refractivity contribution in [2.45, 2.75) is 6.92 Å². The predicted octanol–water partition coefficient (Wildman–Crippen LogP) is 1.67. The summed E-state index contributed by atoms with van der Waals surface area (Å²) in [6.07, 6.45) is 3.64. The standard InChI is InChI=1S/C10H13NO/c1-8-4-2-5-9(10(8)12)6-3-7-11/h2-6,12H,7,11H2,1H3. The Labute approximate surface area is 72.3 Å². The minimum Gasteiger partial charge on any atom is -0.507 e. The molecule has 0 aliphatic heterocycles. The Morgan fingerprint density at radius 1 is 1.50 bits per heavy atom. The van der Waals surface area contributed by atoms with E-state index in [4.69, 9.17) is 5.73 Å². The number of hydrogen-bond donors (Lipinski definition) is 2. The minimum absolute atomic E-state index is 0.335. The van der Waals surface area contributed by atoms with E-state index in [1.807, 2.05) is 37.3 Å². The number of aryl methyl sites for hydroxylation is 1. The second-order valence-corrected chi connectivity index (χ2v) is 2.65. The molecule has 0 unspecified atom stereocenters. The summed E-state index contributed by atoms with van der Waals surface area (Å²) in [6, 6.07) is 5.63. The molecule has 1 aromatic rings. The van der Waals surface area contributed by atoms with Crippen LogP contribution in [0.1, 0.15) is 11.1 Å². The number of hydrogen-bond acceptors (Lipinski definition) is 2. The van der Waals surface area contributed by atoms with Crippen LogP contribution >= 0.6 is 0 Å². The Kier molecular flexibility index (Phi) is 2.88. The summed E-state index contributed by atoms with van der Waals surface area (Å²) in [6.45, 7) is 2.36. The van der Waals surface area contributed by atoms with Gasteiger partial charge in [-0.3, -0.25) is 0 Å². The van der Waals surface area contributed by atoms with Gasteiger partial charge in [-0.1, -0.05) is 30.4 Å². The number of para-hydroxylation sites is 1. The van der Waals surface area contributed by atoms with Crippen molar-refractivity contribution in [3.05, 3.63) is 35.4 Å². The SMILES string of the molecule is Cc1cccc(C=CCN)c1O. The lowest BCUT2D eigenvalue weighted by atomic mass is 10.1. The Balaban J connectivity index is 3.00. The molecule has 0 amide bonds. The highest BCUT2D eigenvalue weighted by Crippen LogP contribution is 2.22. The first kappa shape index (κ1) is 8.81. The molecule has 64 valence electrons. The molecule has 0 aliphatic rings. The molecule has 0 fully saturated rings. The zero-order chi connectivity index (χ0) is 8.97. The third kappa shape index (κ3) is 1.86. The van der Waals surface area contributed by atoms with Gasteiger partial charge in [0.1, 0.15) is 5.75 Å². The van der Waals surface area contributed by atoms with E-state index in [-0.39, 0.29) is 0 Å². The maximum absolute atomic E-state index is 9.53. The summed E-state index contributed by atoms with van der Waals surface area (Å²) in [7, 11) is 0. The van der Waals surface area contributed by atoms with Crippen LogP contribution in [-0.2, 0) is 0 Å².